The molecule has 0 radical (unpaired) electrons. The molecule has 0 saturated carbocycles. The van der Waals surface area contributed by atoms with Gasteiger partial charge in [0.05, 0.1) is 5.69 Å². The maximum atomic E-state index is 10.8. The average molecular weight is 268 g/mol. The van der Waals surface area contributed by atoms with E-state index in [2.05, 4.69) is 20.2 Å². The summed E-state index contributed by atoms with van der Waals surface area (Å²) in [5.74, 6) is 0.831. The molecule has 1 aromatic rings. The van der Waals surface area contributed by atoms with Crippen LogP contribution >= 0.6 is 0 Å². The Balaban J connectivity index is 2.37. The van der Waals surface area contributed by atoms with Gasteiger partial charge in [0.25, 0.3) is 0 Å². The van der Waals surface area contributed by atoms with Crippen molar-refractivity contribution >= 4 is 11.9 Å². The van der Waals surface area contributed by atoms with E-state index in [0.29, 0.717) is 13.1 Å². The molecule has 6 heteroatoms. The molecule has 1 rings (SSSR count). The molecule has 0 saturated heterocycles. The Labute approximate surface area is 114 Å². The van der Waals surface area contributed by atoms with E-state index < -0.39 is 0 Å². The van der Waals surface area contributed by atoms with Crippen molar-refractivity contribution in [1.29, 1.82) is 0 Å². The minimum absolute atomic E-state index is 0.0157. The first-order valence-electron chi connectivity index (χ1n) is 6.73. The molecule has 0 aliphatic carbocycles. The Kier molecular flexibility index (Phi) is 6.95. The monoisotopic (exact) mass is 268 g/mol. The molecular weight excluding hydrogens is 244 g/mol. The van der Waals surface area contributed by atoms with Crippen LogP contribution in [0.25, 0.3) is 0 Å². The van der Waals surface area contributed by atoms with Gasteiger partial charge in [-0.1, -0.05) is 0 Å². The summed E-state index contributed by atoms with van der Waals surface area (Å²) in [4.78, 5) is 15.2. The Morgan fingerprint density at radius 1 is 1.47 bits per heavy atom. The molecule has 0 bridgehead atoms. The molecule has 6 nitrogen and oxygen atoms in total. The van der Waals surface area contributed by atoms with E-state index in [9.17, 15) is 4.79 Å². The zero-order valence-electron chi connectivity index (χ0n) is 12.0. The second kappa shape index (κ2) is 8.53. The molecule has 0 aliphatic rings. The van der Waals surface area contributed by atoms with Gasteiger partial charge in [0.2, 0.25) is 11.9 Å². The van der Waals surface area contributed by atoms with Crippen molar-refractivity contribution < 1.29 is 9.53 Å². The lowest BCUT2D eigenvalue weighted by Crippen LogP contribution is -2.27. The Bertz CT molecular complexity index is 390. The highest BCUT2D eigenvalue weighted by atomic mass is 16.5. The van der Waals surface area contributed by atoms with Gasteiger partial charge in [0, 0.05) is 46.0 Å². The van der Waals surface area contributed by atoms with E-state index in [1.54, 1.807) is 0 Å². The van der Waals surface area contributed by atoms with Crippen LogP contribution in [0.2, 0.25) is 0 Å². The average Bonchev–Trinajstić information content (AvgIpc) is 2.71. The van der Waals surface area contributed by atoms with Crippen molar-refractivity contribution in [2.75, 3.05) is 31.6 Å². The van der Waals surface area contributed by atoms with Crippen LogP contribution in [0.1, 0.15) is 26.0 Å². The third-order valence-corrected chi connectivity index (χ3v) is 2.57. The van der Waals surface area contributed by atoms with Gasteiger partial charge in [-0.05, 0) is 20.3 Å². The lowest BCUT2D eigenvalue weighted by atomic mass is 10.4. The van der Waals surface area contributed by atoms with Crippen LogP contribution in [0.15, 0.2) is 6.20 Å². The minimum atomic E-state index is -0.0157. The van der Waals surface area contributed by atoms with Gasteiger partial charge in [0.15, 0.2) is 0 Å². The summed E-state index contributed by atoms with van der Waals surface area (Å²) >= 11 is 0. The van der Waals surface area contributed by atoms with Gasteiger partial charge < -0.3 is 19.9 Å². The van der Waals surface area contributed by atoms with E-state index in [0.717, 1.165) is 37.8 Å². The second-order valence-electron chi connectivity index (χ2n) is 4.36. The fourth-order valence-electron chi connectivity index (χ4n) is 1.75. The predicted molar refractivity (Wildman–Crippen MR) is 75.2 cm³/mol. The van der Waals surface area contributed by atoms with E-state index >= 15 is 0 Å². The molecule has 1 heterocycles. The van der Waals surface area contributed by atoms with Gasteiger partial charge in [-0.15, -0.1) is 0 Å². The first-order valence-corrected chi connectivity index (χ1v) is 6.73. The molecule has 2 N–H and O–H groups in total. The third-order valence-electron chi connectivity index (χ3n) is 2.57. The van der Waals surface area contributed by atoms with Crippen LogP contribution in [0.5, 0.6) is 0 Å². The van der Waals surface area contributed by atoms with Crippen LogP contribution in [0, 0.1) is 6.92 Å². The third kappa shape index (κ3) is 6.24. The topological polar surface area (TPSA) is 68.2 Å². The summed E-state index contributed by atoms with van der Waals surface area (Å²) in [6.07, 6.45) is 2.98. The maximum Gasteiger partial charge on any atom is 0.216 e. The Morgan fingerprint density at radius 3 is 2.95 bits per heavy atom. The standard InChI is InChI=1S/C13H24N4O2/c1-4-19-9-5-8-17-10-11(2)16-13(17)15-7-6-14-12(3)18/h10H,4-9H2,1-3H3,(H,14,18)(H,15,16). The van der Waals surface area contributed by atoms with E-state index in [-0.39, 0.29) is 5.91 Å². The van der Waals surface area contributed by atoms with Crippen LogP contribution < -0.4 is 10.6 Å². The summed E-state index contributed by atoms with van der Waals surface area (Å²) in [5, 5.41) is 5.97. The number of amides is 1. The number of carbonyl (C=O) groups is 1. The van der Waals surface area contributed by atoms with Gasteiger partial charge in [-0.2, -0.15) is 0 Å². The molecule has 0 unspecified atom stereocenters. The second-order valence-corrected chi connectivity index (χ2v) is 4.36. The van der Waals surface area contributed by atoms with Crippen molar-refractivity contribution in [1.82, 2.24) is 14.9 Å². The van der Waals surface area contributed by atoms with Crippen molar-refractivity contribution in [3.05, 3.63) is 11.9 Å². The summed E-state index contributed by atoms with van der Waals surface area (Å²) in [6.45, 7) is 9.14. The van der Waals surface area contributed by atoms with E-state index in [1.807, 2.05) is 20.0 Å². The number of aromatic nitrogens is 2. The number of nitrogens with one attached hydrogen (secondary N) is 2. The number of rotatable bonds is 9. The van der Waals surface area contributed by atoms with Gasteiger partial charge >= 0.3 is 0 Å². The highest BCUT2D eigenvalue weighted by Crippen LogP contribution is 2.08. The number of imidazole rings is 1. The van der Waals surface area contributed by atoms with Gasteiger partial charge in [-0.3, -0.25) is 4.79 Å². The zero-order chi connectivity index (χ0) is 14.1. The van der Waals surface area contributed by atoms with E-state index in [1.165, 1.54) is 6.92 Å². The van der Waals surface area contributed by atoms with Crippen molar-refractivity contribution in [2.24, 2.45) is 0 Å². The predicted octanol–water partition coefficient (Wildman–Crippen LogP) is 1.17. The van der Waals surface area contributed by atoms with Gasteiger partial charge in [0.1, 0.15) is 0 Å². The van der Waals surface area contributed by atoms with Crippen molar-refractivity contribution in [2.45, 2.75) is 33.7 Å². The Hall–Kier alpha value is -1.56. The summed E-state index contributed by atoms with van der Waals surface area (Å²) in [7, 11) is 0. The quantitative estimate of drug-likeness (QED) is 0.660. The van der Waals surface area contributed by atoms with Crippen LogP contribution in [0.4, 0.5) is 5.95 Å². The SMILES string of the molecule is CCOCCCn1cc(C)nc1NCCNC(C)=O. The summed E-state index contributed by atoms with van der Waals surface area (Å²) in [5.41, 5.74) is 0.985. The molecule has 0 aliphatic heterocycles. The molecule has 19 heavy (non-hydrogen) atoms. The fraction of sp³-hybridized carbons (Fsp3) is 0.692. The smallest absolute Gasteiger partial charge is 0.216 e. The van der Waals surface area contributed by atoms with Crippen LogP contribution in [0.3, 0.4) is 0 Å². The molecule has 1 amide bonds. The first-order chi connectivity index (χ1) is 9.13. The molecule has 108 valence electrons. The van der Waals surface area contributed by atoms with Crippen molar-refractivity contribution in [3.8, 4) is 0 Å². The Morgan fingerprint density at radius 2 is 2.26 bits per heavy atom. The number of carbonyl (C=O) groups excluding carboxylic acids is 1. The summed E-state index contributed by atoms with van der Waals surface area (Å²) in [6, 6.07) is 0. The largest absolute Gasteiger partial charge is 0.382 e. The lowest BCUT2D eigenvalue weighted by molar-refractivity contribution is -0.118. The molecule has 1 aromatic heterocycles. The van der Waals surface area contributed by atoms with E-state index in [4.69, 9.17) is 4.74 Å². The normalized spacial score (nSPS) is 10.5. The first kappa shape index (κ1) is 15.5. The number of aryl methyl sites for hydroxylation is 2. The van der Waals surface area contributed by atoms with Crippen LogP contribution in [-0.2, 0) is 16.1 Å². The van der Waals surface area contributed by atoms with Crippen molar-refractivity contribution in [3.63, 3.8) is 0 Å². The zero-order valence-corrected chi connectivity index (χ0v) is 12.0. The fourth-order valence-corrected chi connectivity index (χ4v) is 1.75. The lowest BCUT2D eigenvalue weighted by Gasteiger charge is -2.10. The highest BCUT2D eigenvalue weighted by Gasteiger charge is 2.04. The number of hydrogen-bond acceptors (Lipinski definition) is 4. The number of anilines is 1. The van der Waals surface area contributed by atoms with Gasteiger partial charge in [-0.25, -0.2) is 4.98 Å². The number of ether oxygens (including phenoxy) is 1. The number of nitrogens with zero attached hydrogens (tertiary/aromatic N) is 2. The molecule has 0 spiro atoms. The molecule has 0 fully saturated rings. The molecular formula is C13H24N4O2. The van der Waals surface area contributed by atoms with Crippen LogP contribution in [-0.4, -0.2) is 41.8 Å². The molecule has 0 aromatic carbocycles. The number of hydrogen-bond donors (Lipinski definition) is 2. The summed E-state index contributed by atoms with van der Waals surface area (Å²) < 4.78 is 7.41. The minimum Gasteiger partial charge on any atom is -0.382 e. The molecule has 0 atom stereocenters. The maximum absolute atomic E-state index is 10.8. The highest BCUT2D eigenvalue weighted by molar-refractivity contribution is 5.72.